The fourth-order valence-electron chi connectivity index (χ4n) is 6.22. The molecule has 0 spiro atoms. The lowest BCUT2D eigenvalue weighted by Crippen LogP contribution is -1.98. The summed E-state index contributed by atoms with van der Waals surface area (Å²) in [5, 5.41) is 4.01. The Morgan fingerprint density at radius 3 is 1.11 bits per heavy atom. The predicted octanol–water partition coefficient (Wildman–Crippen LogP) is 8.08. The second-order valence-corrected chi connectivity index (χ2v) is 9.53. The van der Waals surface area contributed by atoms with Gasteiger partial charge in [-0.3, -0.25) is 9.59 Å². The van der Waals surface area contributed by atoms with Crippen LogP contribution in [0.5, 0.6) is 0 Å². The van der Waals surface area contributed by atoms with Crippen LogP contribution in [0.25, 0.3) is 54.9 Å². The zero-order valence-corrected chi connectivity index (χ0v) is 19.2. The van der Waals surface area contributed by atoms with E-state index in [9.17, 15) is 9.59 Å². The summed E-state index contributed by atoms with van der Waals surface area (Å²) in [6.07, 6.45) is 0. The van der Waals surface area contributed by atoms with Crippen molar-refractivity contribution < 1.29 is 9.59 Å². The molecule has 0 amide bonds. The van der Waals surface area contributed by atoms with E-state index in [0.717, 1.165) is 77.2 Å². The van der Waals surface area contributed by atoms with E-state index in [-0.39, 0.29) is 11.6 Å². The molecule has 8 rings (SSSR count). The second kappa shape index (κ2) is 6.87. The Labute approximate surface area is 207 Å². The molecule has 0 aromatic heterocycles. The lowest BCUT2D eigenvalue weighted by Gasteiger charge is -2.14. The summed E-state index contributed by atoms with van der Waals surface area (Å²) in [6, 6.07) is 36.5. The van der Waals surface area contributed by atoms with E-state index in [1.807, 2.05) is 72.8 Å². The van der Waals surface area contributed by atoms with Crippen LogP contribution < -0.4 is 0 Å². The van der Waals surface area contributed by atoms with Crippen molar-refractivity contribution in [1.82, 2.24) is 0 Å². The van der Waals surface area contributed by atoms with Crippen LogP contribution in [0.3, 0.4) is 0 Å². The van der Waals surface area contributed by atoms with Crippen LogP contribution in [0.2, 0.25) is 0 Å². The molecule has 0 saturated heterocycles. The molecule has 2 heteroatoms. The van der Waals surface area contributed by atoms with Gasteiger partial charge in [-0.15, -0.1) is 0 Å². The van der Waals surface area contributed by atoms with E-state index in [1.54, 1.807) is 0 Å². The van der Waals surface area contributed by atoms with Gasteiger partial charge in [0.25, 0.3) is 0 Å². The number of hydrogen-bond acceptors (Lipinski definition) is 2. The van der Waals surface area contributed by atoms with Gasteiger partial charge in [0.05, 0.1) is 0 Å². The monoisotopic (exact) mass is 458 g/mol. The summed E-state index contributed by atoms with van der Waals surface area (Å²) in [4.78, 5) is 26.8. The first-order chi connectivity index (χ1) is 17.7. The van der Waals surface area contributed by atoms with Gasteiger partial charge in [-0.2, -0.15) is 0 Å². The number of carbonyl (C=O) groups excluding carboxylic acids is 2. The highest BCUT2D eigenvalue weighted by Crippen LogP contribution is 2.45. The van der Waals surface area contributed by atoms with Crippen LogP contribution >= 0.6 is 0 Å². The first-order valence-corrected chi connectivity index (χ1v) is 12.1. The Hall–Kier alpha value is -4.82. The van der Waals surface area contributed by atoms with Gasteiger partial charge in [0.2, 0.25) is 0 Å². The number of carbonyl (C=O) groups is 2. The van der Waals surface area contributed by atoms with Crippen LogP contribution in [0, 0.1) is 0 Å². The summed E-state index contributed by atoms with van der Waals surface area (Å²) >= 11 is 0. The Bertz CT molecular complexity index is 1830. The summed E-state index contributed by atoms with van der Waals surface area (Å²) < 4.78 is 0. The molecule has 2 aliphatic carbocycles. The number of benzene rings is 6. The molecular weight excluding hydrogens is 440 g/mol. The van der Waals surface area contributed by atoms with Gasteiger partial charge in [-0.05, 0) is 54.9 Å². The second-order valence-electron chi connectivity index (χ2n) is 9.53. The van der Waals surface area contributed by atoms with Crippen LogP contribution in [0.4, 0.5) is 0 Å². The fourth-order valence-corrected chi connectivity index (χ4v) is 6.22. The molecule has 0 saturated carbocycles. The molecule has 6 aromatic rings. The van der Waals surface area contributed by atoms with Crippen molar-refractivity contribution in [2.24, 2.45) is 0 Å². The Kier molecular flexibility index (Phi) is 3.72. The van der Waals surface area contributed by atoms with Crippen LogP contribution in [0.15, 0.2) is 109 Å². The number of hydrogen-bond donors (Lipinski definition) is 0. The van der Waals surface area contributed by atoms with E-state index in [0.29, 0.717) is 0 Å². The summed E-state index contributed by atoms with van der Waals surface area (Å²) in [5.74, 6) is 0.171. The van der Waals surface area contributed by atoms with E-state index in [1.165, 1.54) is 0 Å². The lowest BCUT2D eigenvalue weighted by molar-refractivity contribution is 0.103. The van der Waals surface area contributed by atoms with Crippen LogP contribution in [-0.2, 0) is 0 Å². The average molecular weight is 459 g/mol. The summed E-state index contributed by atoms with van der Waals surface area (Å²) in [6.45, 7) is 0. The van der Waals surface area contributed by atoms with Gasteiger partial charge in [-0.25, -0.2) is 0 Å². The standard InChI is InChI=1S/C34H18O2/c35-33-29-9-3-1-7-21(29)27-17-15-23-19(11-5-13-25(23)31(27)33)20-12-6-14-26-24(20)16-18-28-22-8-2-4-10-30(22)34(36)32(26)28/h1-18H. The minimum atomic E-state index is 0.0856. The van der Waals surface area contributed by atoms with Crippen molar-refractivity contribution in [2.45, 2.75) is 0 Å². The molecule has 0 aliphatic heterocycles. The summed E-state index contributed by atoms with van der Waals surface area (Å²) in [7, 11) is 0. The molecule has 0 N–H and O–H groups in total. The third-order valence-electron chi connectivity index (χ3n) is 7.79. The van der Waals surface area contributed by atoms with Crippen LogP contribution in [0.1, 0.15) is 31.8 Å². The predicted molar refractivity (Wildman–Crippen MR) is 145 cm³/mol. The Morgan fingerprint density at radius 2 is 0.667 bits per heavy atom. The maximum atomic E-state index is 13.4. The van der Waals surface area contributed by atoms with Gasteiger partial charge in [0.15, 0.2) is 11.6 Å². The number of rotatable bonds is 1. The molecule has 166 valence electrons. The van der Waals surface area contributed by atoms with Crippen molar-refractivity contribution in [3.05, 3.63) is 131 Å². The first kappa shape index (κ1) is 19.5. The molecule has 0 heterocycles. The van der Waals surface area contributed by atoms with E-state index < -0.39 is 0 Å². The van der Waals surface area contributed by atoms with E-state index in [2.05, 4.69) is 36.4 Å². The van der Waals surface area contributed by atoms with Gasteiger partial charge in [0.1, 0.15) is 0 Å². The molecule has 2 nitrogen and oxygen atoms in total. The highest BCUT2D eigenvalue weighted by Gasteiger charge is 2.30. The smallest absolute Gasteiger partial charge is 0.194 e. The largest absolute Gasteiger partial charge is 0.289 e. The average Bonchev–Trinajstić information content (AvgIpc) is 3.40. The topological polar surface area (TPSA) is 34.1 Å². The molecule has 36 heavy (non-hydrogen) atoms. The molecule has 0 unspecified atom stereocenters. The minimum Gasteiger partial charge on any atom is -0.289 e. The number of ketones is 2. The zero-order valence-electron chi connectivity index (χ0n) is 19.2. The molecule has 2 aliphatic rings. The lowest BCUT2D eigenvalue weighted by atomic mass is 9.89. The van der Waals surface area contributed by atoms with Crippen molar-refractivity contribution in [1.29, 1.82) is 0 Å². The molecular formula is C34H18O2. The third kappa shape index (κ3) is 2.36. The van der Waals surface area contributed by atoms with Crippen molar-refractivity contribution in [3.8, 4) is 33.4 Å². The van der Waals surface area contributed by atoms with E-state index >= 15 is 0 Å². The SMILES string of the molecule is O=C1c2ccccc2-c2ccc3c(-c4cccc5c6c(ccc45)-c4ccccc4C6=O)cccc3c21. The number of fused-ring (bicyclic) bond motifs is 10. The minimum absolute atomic E-state index is 0.0856. The Balaban J connectivity index is 1.39. The fraction of sp³-hybridized carbons (Fsp3) is 0. The van der Waals surface area contributed by atoms with Gasteiger partial charge in [0, 0.05) is 22.3 Å². The molecule has 0 bridgehead atoms. The van der Waals surface area contributed by atoms with E-state index in [4.69, 9.17) is 0 Å². The first-order valence-electron chi connectivity index (χ1n) is 12.1. The van der Waals surface area contributed by atoms with Gasteiger partial charge < -0.3 is 0 Å². The van der Waals surface area contributed by atoms with Gasteiger partial charge in [-0.1, -0.05) is 109 Å². The quantitative estimate of drug-likeness (QED) is 0.249. The molecule has 0 radical (unpaired) electrons. The highest BCUT2D eigenvalue weighted by molar-refractivity contribution is 6.30. The highest BCUT2D eigenvalue weighted by atomic mass is 16.1. The molecule has 0 fully saturated rings. The maximum absolute atomic E-state index is 13.4. The molecule has 0 atom stereocenters. The van der Waals surface area contributed by atoms with Gasteiger partial charge >= 0.3 is 0 Å². The van der Waals surface area contributed by atoms with Crippen molar-refractivity contribution >= 4 is 33.1 Å². The third-order valence-corrected chi connectivity index (χ3v) is 7.79. The van der Waals surface area contributed by atoms with Crippen LogP contribution in [-0.4, -0.2) is 11.6 Å². The molecule has 6 aromatic carbocycles. The summed E-state index contributed by atoms with van der Waals surface area (Å²) in [5.41, 5.74) is 9.23. The maximum Gasteiger partial charge on any atom is 0.194 e. The van der Waals surface area contributed by atoms with Crippen molar-refractivity contribution in [3.63, 3.8) is 0 Å². The Morgan fingerprint density at radius 1 is 0.278 bits per heavy atom. The zero-order chi connectivity index (χ0) is 24.0. The van der Waals surface area contributed by atoms with Crippen molar-refractivity contribution in [2.75, 3.05) is 0 Å². The normalized spacial score (nSPS) is 13.1.